The quantitative estimate of drug-likeness (QED) is 0.839. The number of hydrogen-bond donors (Lipinski definition) is 1. The van der Waals surface area contributed by atoms with Crippen LogP contribution in [0.5, 0.6) is 5.75 Å². The van der Waals surface area contributed by atoms with Gasteiger partial charge in [-0.05, 0) is 38.0 Å². The van der Waals surface area contributed by atoms with Gasteiger partial charge in [-0.25, -0.2) is 12.8 Å². The molecule has 1 fully saturated rings. The SMILES string of the molecule is CC(Oc1ccc(F)cc1S(=O)(=O)Cl)C(=O)NC1CC1. The molecule has 8 heteroatoms. The standard InChI is InChI=1S/C12H13ClFNO4S/c1-7(12(16)15-9-3-4-9)19-10-5-2-8(14)6-11(10)20(13,17)18/h2,5-7,9H,3-4H2,1H3,(H,15,16). The van der Waals surface area contributed by atoms with E-state index in [1.807, 2.05) is 0 Å². The van der Waals surface area contributed by atoms with Crippen LogP contribution in [0.1, 0.15) is 19.8 Å². The van der Waals surface area contributed by atoms with Crippen LogP contribution in [0.15, 0.2) is 23.1 Å². The van der Waals surface area contributed by atoms with Crippen molar-refractivity contribution in [2.24, 2.45) is 0 Å². The van der Waals surface area contributed by atoms with E-state index in [-0.39, 0.29) is 17.7 Å². The van der Waals surface area contributed by atoms with Crippen LogP contribution in [0.4, 0.5) is 4.39 Å². The van der Waals surface area contributed by atoms with E-state index >= 15 is 0 Å². The van der Waals surface area contributed by atoms with Crippen LogP contribution in [-0.4, -0.2) is 26.5 Å². The van der Waals surface area contributed by atoms with Crippen molar-refractivity contribution in [1.29, 1.82) is 0 Å². The van der Waals surface area contributed by atoms with Gasteiger partial charge in [0.25, 0.3) is 15.0 Å². The highest BCUT2D eigenvalue weighted by Gasteiger charge is 2.27. The van der Waals surface area contributed by atoms with Gasteiger partial charge in [0.05, 0.1) is 0 Å². The summed E-state index contributed by atoms with van der Waals surface area (Å²) in [6.45, 7) is 1.48. The van der Waals surface area contributed by atoms with E-state index in [0.717, 1.165) is 31.0 Å². The second kappa shape index (κ2) is 5.57. The number of benzene rings is 1. The van der Waals surface area contributed by atoms with Gasteiger partial charge in [-0.15, -0.1) is 0 Å². The maximum atomic E-state index is 13.1. The van der Waals surface area contributed by atoms with Gasteiger partial charge >= 0.3 is 0 Å². The highest BCUT2D eigenvalue weighted by molar-refractivity contribution is 8.13. The Hall–Kier alpha value is -1.34. The molecule has 1 saturated carbocycles. The van der Waals surface area contributed by atoms with Crippen molar-refractivity contribution in [3.05, 3.63) is 24.0 Å². The zero-order valence-electron chi connectivity index (χ0n) is 10.6. The smallest absolute Gasteiger partial charge is 0.265 e. The predicted octanol–water partition coefficient (Wildman–Crippen LogP) is 1.80. The Morgan fingerprint density at radius 1 is 1.50 bits per heavy atom. The van der Waals surface area contributed by atoms with Gasteiger partial charge in [0.15, 0.2) is 6.10 Å². The second-order valence-corrected chi connectivity index (χ2v) is 7.11. The highest BCUT2D eigenvalue weighted by atomic mass is 35.7. The Bertz CT molecular complexity index is 630. The van der Waals surface area contributed by atoms with Crippen LogP contribution >= 0.6 is 10.7 Å². The molecule has 1 aromatic rings. The molecule has 0 aromatic heterocycles. The Labute approximate surface area is 120 Å². The molecule has 1 atom stereocenters. The monoisotopic (exact) mass is 321 g/mol. The maximum absolute atomic E-state index is 13.1. The van der Waals surface area contributed by atoms with Crippen molar-refractivity contribution in [3.8, 4) is 5.75 Å². The molecule has 0 saturated heterocycles. The minimum atomic E-state index is -4.16. The molecular weight excluding hydrogens is 309 g/mol. The van der Waals surface area contributed by atoms with E-state index < -0.39 is 25.9 Å². The molecule has 1 aliphatic rings. The third-order valence-electron chi connectivity index (χ3n) is 2.77. The molecule has 2 rings (SSSR count). The number of nitrogens with one attached hydrogen (secondary N) is 1. The zero-order chi connectivity index (χ0) is 14.9. The van der Waals surface area contributed by atoms with Crippen LogP contribution in [-0.2, 0) is 13.8 Å². The minimum Gasteiger partial charge on any atom is -0.479 e. The Kier molecular flexibility index (Phi) is 4.19. The number of amides is 1. The molecule has 5 nitrogen and oxygen atoms in total. The summed E-state index contributed by atoms with van der Waals surface area (Å²) in [7, 11) is 1.06. The molecule has 0 heterocycles. The summed E-state index contributed by atoms with van der Waals surface area (Å²) in [5.74, 6) is -1.26. The summed E-state index contributed by atoms with van der Waals surface area (Å²) < 4.78 is 41.1. The van der Waals surface area contributed by atoms with Crippen molar-refractivity contribution < 1.29 is 22.3 Å². The van der Waals surface area contributed by atoms with E-state index in [1.165, 1.54) is 6.92 Å². The topological polar surface area (TPSA) is 72.5 Å². The Morgan fingerprint density at radius 2 is 2.15 bits per heavy atom. The fourth-order valence-electron chi connectivity index (χ4n) is 1.56. The lowest BCUT2D eigenvalue weighted by Crippen LogP contribution is -2.37. The Balaban J connectivity index is 2.17. The summed E-state index contributed by atoms with van der Waals surface area (Å²) in [6.07, 6.45) is 0.949. The lowest BCUT2D eigenvalue weighted by atomic mass is 10.3. The highest BCUT2D eigenvalue weighted by Crippen LogP contribution is 2.28. The average molecular weight is 322 g/mol. The summed E-state index contributed by atoms with van der Waals surface area (Å²) in [6, 6.07) is 3.08. The molecule has 20 heavy (non-hydrogen) atoms. The summed E-state index contributed by atoms with van der Waals surface area (Å²) in [5.41, 5.74) is 0. The molecule has 0 bridgehead atoms. The van der Waals surface area contributed by atoms with Crippen molar-refractivity contribution >= 4 is 25.6 Å². The van der Waals surface area contributed by atoms with Gasteiger partial charge in [0, 0.05) is 16.7 Å². The lowest BCUT2D eigenvalue weighted by molar-refractivity contribution is -0.127. The van der Waals surface area contributed by atoms with Crippen LogP contribution in [0.2, 0.25) is 0 Å². The summed E-state index contributed by atoms with van der Waals surface area (Å²) in [4.78, 5) is 11.2. The molecule has 1 N–H and O–H groups in total. The first-order chi connectivity index (χ1) is 9.27. The molecule has 110 valence electrons. The first kappa shape index (κ1) is 15.1. The zero-order valence-corrected chi connectivity index (χ0v) is 12.2. The van der Waals surface area contributed by atoms with Gasteiger partial charge in [-0.1, -0.05) is 0 Å². The average Bonchev–Trinajstić information content (AvgIpc) is 3.13. The van der Waals surface area contributed by atoms with E-state index in [2.05, 4.69) is 5.32 Å². The van der Waals surface area contributed by atoms with Crippen LogP contribution in [0, 0.1) is 5.82 Å². The van der Waals surface area contributed by atoms with E-state index in [0.29, 0.717) is 0 Å². The first-order valence-electron chi connectivity index (χ1n) is 5.98. The number of hydrogen-bond acceptors (Lipinski definition) is 4. The van der Waals surface area contributed by atoms with Crippen LogP contribution < -0.4 is 10.1 Å². The Morgan fingerprint density at radius 3 is 2.70 bits per heavy atom. The minimum absolute atomic E-state index is 0.153. The molecular formula is C12H13ClFNO4S. The molecule has 1 unspecified atom stereocenters. The fourth-order valence-corrected chi connectivity index (χ4v) is 2.53. The van der Waals surface area contributed by atoms with Gasteiger partial charge in [0.2, 0.25) is 0 Å². The van der Waals surface area contributed by atoms with Gasteiger partial charge in [-0.3, -0.25) is 4.79 Å². The first-order valence-corrected chi connectivity index (χ1v) is 8.29. The van der Waals surface area contributed by atoms with E-state index in [1.54, 1.807) is 0 Å². The van der Waals surface area contributed by atoms with E-state index in [9.17, 15) is 17.6 Å². The van der Waals surface area contributed by atoms with Crippen LogP contribution in [0.25, 0.3) is 0 Å². The molecule has 0 aliphatic heterocycles. The number of ether oxygens (including phenoxy) is 1. The number of carbonyl (C=O) groups excluding carboxylic acids is 1. The van der Waals surface area contributed by atoms with E-state index in [4.69, 9.17) is 15.4 Å². The number of carbonyl (C=O) groups is 1. The predicted molar refractivity (Wildman–Crippen MR) is 70.7 cm³/mol. The summed E-state index contributed by atoms with van der Waals surface area (Å²) in [5, 5.41) is 2.72. The van der Waals surface area contributed by atoms with Crippen molar-refractivity contribution in [2.45, 2.75) is 36.8 Å². The normalized spacial score (nSPS) is 16.6. The molecule has 0 radical (unpaired) electrons. The van der Waals surface area contributed by atoms with Gasteiger partial charge in [0.1, 0.15) is 16.5 Å². The molecule has 0 spiro atoms. The molecule has 1 amide bonds. The van der Waals surface area contributed by atoms with Crippen molar-refractivity contribution in [3.63, 3.8) is 0 Å². The second-order valence-electron chi connectivity index (χ2n) is 4.57. The van der Waals surface area contributed by atoms with Gasteiger partial charge in [-0.2, -0.15) is 0 Å². The van der Waals surface area contributed by atoms with Crippen molar-refractivity contribution in [2.75, 3.05) is 0 Å². The largest absolute Gasteiger partial charge is 0.479 e. The van der Waals surface area contributed by atoms with Crippen LogP contribution in [0.3, 0.4) is 0 Å². The fraction of sp³-hybridized carbons (Fsp3) is 0.417. The molecule has 1 aromatic carbocycles. The third kappa shape index (κ3) is 3.83. The lowest BCUT2D eigenvalue weighted by Gasteiger charge is -2.16. The number of rotatable bonds is 5. The molecule has 1 aliphatic carbocycles. The summed E-state index contributed by atoms with van der Waals surface area (Å²) >= 11 is 0. The number of halogens is 2. The van der Waals surface area contributed by atoms with Crippen molar-refractivity contribution in [1.82, 2.24) is 5.32 Å². The third-order valence-corrected chi connectivity index (χ3v) is 4.11. The maximum Gasteiger partial charge on any atom is 0.265 e. The van der Waals surface area contributed by atoms with Gasteiger partial charge < -0.3 is 10.1 Å².